The van der Waals surface area contributed by atoms with Crippen LogP contribution in [0.1, 0.15) is 24.2 Å². The van der Waals surface area contributed by atoms with Crippen molar-refractivity contribution in [1.29, 1.82) is 0 Å². The zero-order chi connectivity index (χ0) is 13.0. The third-order valence-corrected chi connectivity index (χ3v) is 4.83. The smallest absolute Gasteiger partial charge is 0.252 e. The highest BCUT2D eigenvalue weighted by molar-refractivity contribution is 9.11. The van der Waals surface area contributed by atoms with Crippen LogP contribution in [0.3, 0.4) is 0 Å². The van der Waals surface area contributed by atoms with E-state index >= 15 is 0 Å². The summed E-state index contributed by atoms with van der Waals surface area (Å²) in [7, 11) is 0. The van der Waals surface area contributed by atoms with Crippen molar-refractivity contribution >= 4 is 53.7 Å². The maximum Gasteiger partial charge on any atom is 0.252 e. The summed E-state index contributed by atoms with van der Waals surface area (Å²) in [6, 6.07) is 5.70. The summed E-state index contributed by atoms with van der Waals surface area (Å²) < 4.78 is 1.70. The fourth-order valence-corrected chi connectivity index (χ4v) is 2.58. The molecule has 0 heterocycles. The van der Waals surface area contributed by atoms with Gasteiger partial charge >= 0.3 is 0 Å². The molecule has 2 unspecified atom stereocenters. The van der Waals surface area contributed by atoms with Gasteiger partial charge < -0.3 is 5.32 Å². The van der Waals surface area contributed by atoms with Gasteiger partial charge in [-0.2, -0.15) is 0 Å². The number of hydrogen-bond donors (Lipinski definition) is 1. The molecular formula is C12H14Br3NO. The lowest BCUT2D eigenvalue weighted by molar-refractivity contribution is 0.0930. The van der Waals surface area contributed by atoms with Crippen molar-refractivity contribution in [1.82, 2.24) is 5.32 Å². The van der Waals surface area contributed by atoms with E-state index < -0.39 is 0 Å². The number of rotatable bonds is 4. The van der Waals surface area contributed by atoms with E-state index in [2.05, 4.69) is 60.0 Å². The van der Waals surface area contributed by atoms with E-state index in [1.807, 2.05) is 25.1 Å². The lowest BCUT2D eigenvalue weighted by Crippen LogP contribution is -2.37. The van der Waals surface area contributed by atoms with Gasteiger partial charge in [-0.1, -0.05) is 38.8 Å². The molecule has 0 aliphatic heterocycles. The van der Waals surface area contributed by atoms with Crippen LogP contribution in [-0.4, -0.2) is 17.3 Å². The second-order valence-corrected chi connectivity index (χ2v) is 6.44. The Labute approximate surface area is 127 Å². The fourth-order valence-electron chi connectivity index (χ4n) is 1.23. The van der Waals surface area contributed by atoms with E-state index in [4.69, 9.17) is 0 Å². The number of carbonyl (C=O) groups excluding carboxylic acids is 1. The van der Waals surface area contributed by atoms with Crippen molar-refractivity contribution in [2.24, 2.45) is 5.92 Å². The molecule has 1 aromatic carbocycles. The molecule has 0 fully saturated rings. The molecule has 0 bridgehead atoms. The van der Waals surface area contributed by atoms with E-state index in [0.717, 1.165) is 14.3 Å². The summed E-state index contributed by atoms with van der Waals surface area (Å²) in [5.41, 5.74) is 0.646. The third-order valence-electron chi connectivity index (χ3n) is 2.63. The summed E-state index contributed by atoms with van der Waals surface area (Å²) >= 11 is 10.2. The molecule has 5 heteroatoms. The van der Waals surface area contributed by atoms with Gasteiger partial charge in [-0.3, -0.25) is 4.79 Å². The molecule has 2 nitrogen and oxygen atoms in total. The normalized spacial score (nSPS) is 14.2. The first kappa shape index (κ1) is 15.2. The van der Waals surface area contributed by atoms with E-state index in [9.17, 15) is 4.79 Å². The van der Waals surface area contributed by atoms with Crippen LogP contribution in [0.25, 0.3) is 0 Å². The van der Waals surface area contributed by atoms with Crippen LogP contribution >= 0.6 is 47.8 Å². The van der Waals surface area contributed by atoms with Crippen molar-refractivity contribution in [3.8, 4) is 0 Å². The van der Waals surface area contributed by atoms with Gasteiger partial charge in [0, 0.05) is 20.3 Å². The molecule has 0 saturated heterocycles. The molecule has 0 radical (unpaired) electrons. The Hall–Kier alpha value is 0.130. The summed E-state index contributed by atoms with van der Waals surface area (Å²) in [6.07, 6.45) is 0. The Balaban J connectivity index is 2.79. The van der Waals surface area contributed by atoms with Crippen molar-refractivity contribution < 1.29 is 4.79 Å². The fraction of sp³-hybridized carbons (Fsp3) is 0.417. The van der Waals surface area contributed by atoms with E-state index in [-0.39, 0.29) is 11.9 Å². The Bertz CT molecular complexity index is 409. The van der Waals surface area contributed by atoms with Gasteiger partial charge in [0.2, 0.25) is 0 Å². The molecule has 94 valence electrons. The van der Waals surface area contributed by atoms with Crippen LogP contribution in [0.2, 0.25) is 0 Å². The number of carbonyl (C=O) groups is 1. The van der Waals surface area contributed by atoms with Crippen LogP contribution in [-0.2, 0) is 0 Å². The average Bonchev–Trinajstić information content (AvgIpc) is 2.30. The highest BCUT2D eigenvalue weighted by Crippen LogP contribution is 2.21. The largest absolute Gasteiger partial charge is 0.349 e. The average molecular weight is 428 g/mol. The third kappa shape index (κ3) is 4.38. The highest BCUT2D eigenvalue weighted by atomic mass is 79.9. The Kier molecular flexibility index (Phi) is 6.17. The minimum Gasteiger partial charge on any atom is -0.349 e. The van der Waals surface area contributed by atoms with E-state index in [1.54, 1.807) is 0 Å². The van der Waals surface area contributed by atoms with Crippen molar-refractivity contribution in [2.45, 2.75) is 19.9 Å². The number of alkyl halides is 1. The first-order valence-corrected chi connectivity index (χ1v) is 7.98. The van der Waals surface area contributed by atoms with Crippen LogP contribution in [0, 0.1) is 5.92 Å². The monoisotopic (exact) mass is 425 g/mol. The van der Waals surface area contributed by atoms with E-state index in [0.29, 0.717) is 11.5 Å². The zero-order valence-electron chi connectivity index (χ0n) is 9.64. The van der Waals surface area contributed by atoms with E-state index in [1.165, 1.54) is 0 Å². The highest BCUT2D eigenvalue weighted by Gasteiger charge is 2.16. The van der Waals surface area contributed by atoms with Crippen molar-refractivity contribution in [2.75, 3.05) is 5.33 Å². The molecule has 1 rings (SSSR count). The molecule has 0 aliphatic rings. The van der Waals surface area contributed by atoms with Gasteiger partial charge in [-0.15, -0.1) is 0 Å². The topological polar surface area (TPSA) is 29.1 Å². The van der Waals surface area contributed by atoms with Crippen LogP contribution in [0.15, 0.2) is 27.1 Å². The summed E-state index contributed by atoms with van der Waals surface area (Å²) in [5, 5.41) is 3.86. The molecule has 1 N–H and O–H groups in total. The van der Waals surface area contributed by atoms with Gasteiger partial charge in [-0.05, 0) is 47.0 Å². The predicted octanol–water partition coefficient (Wildman–Crippen LogP) is 4.36. The molecule has 0 aromatic heterocycles. The molecule has 0 aliphatic carbocycles. The Morgan fingerprint density at radius 1 is 1.35 bits per heavy atom. The number of halogens is 3. The first-order chi connectivity index (χ1) is 7.95. The van der Waals surface area contributed by atoms with Gasteiger partial charge in [-0.25, -0.2) is 0 Å². The predicted molar refractivity (Wildman–Crippen MR) is 81.7 cm³/mol. The molecule has 0 spiro atoms. The number of nitrogens with one attached hydrogen (secondary N) is 1. The minimum absolute atomic E-state index is 0.0570. The lowest BCUT2D eigenvalue weighted by atomic mass is 10.1. The summed E-state index contributed by atoms with van der Waals surface area (Å²) in [5.74, 6) is 0.336. The van der Waals surface area contributed by atoms with Crippen LogP contribution in [0.4, 0.5) is 0 Å². The van der Waals surface area contributed by atoms with Gasteiger partial charge in [0.25, 0.3) is 5.91 Å². The number of benzene rings is 1. The Morgan fingerprint density at radius 2 is 2.00 bits per heavy atom. The maximum atomic E-state index is 12.1. The molecule has 17 heavy (non-hydrogen) atoms. The Morgan fingerprint density at radius 3 is 2.59 bits per heavy atom. The molecular weight excluding hydrogens is 414 g/mol. The van der Waals surface area contributed by atoms with Gasteiger partial charge in [0.1, 0.15) is 0 Å². The lowest BCUT2D eigenvalue weighted by Gasteiger charge is -2.19. The standard InChI is InChI=1S/C12H14Br3NO/c1-7(6-13)8(2)16-12(17)10-5-9(14)3-4-11(10)15/h3-5,7-8H,6H2,1-2H3,(H,16,17). The second-order valence-electron chi connectivity index (χ2n) is 4.02. The second kappa shape index (κ2) is 6.90. The van der Waals surface area contributed by atoms with Gasteiger partial charge in [0.05, 0.1) is 5.56 Å². The van der Waals surface area contributed by atoms with Gasteiger partial charge in [0.15, 0.2) is 0 Å². The van der Waals surface area contributed by atoms with Crippen LogP contribution < -0.4 is 5.32 Å². The quantitative estimate of drug-likeness (QED) is 0.710. The molecule has 0 saturated carbocycles. The summed E-state index contributed by atoms with van der Waals surface area (Å²) in [4.78, 5) is 12.1. The molecule has 1 aromatic rings. The zero-order valence-corrected chi connectivity index (χ0v) is 14.4. The molecule has 1 amide bonds. The number of amides is 1. The first-order valence-electron chi connectivity index (χ1n) is 5.27. The SMILES string of the molecule is CC(CBr)C(C)NC(=O)c1cc(Br)ccc1Br. The minimum atomic E-state index is -0.0570. The number of hydrogen-bond acceptors (Lipinski definition) is 1. The van der Waals surface area contributed by atoms with Crippen molar-refractivity contribution in [3.05, 3.63) is 32.7 Å². The van der Waals surface area contributed by atoms with Crippen LogP contribution in [0.5, 0.6) is 0 Å². The molecule has 2 atom stereocenters. The maximum absolute atomic E-state index is 12.1. The summed E-state index contributed by atoms with van der Waals surface area (Å²) in [6.45, 7) is 4.10. The van der Waals surface area contributed by atoms with Crippen molar-refractivity contribution in [3.63, 3.8) is 0 Å².